The van der Waals surface area contributed by atoms with Crippen molar-refractivity contribution < 1.29 is 18.9 Å². The fourth-order valence-corrected chi connectivity index (χ4v) is 2.77. The molecule has 0 aliphatic carbocycles. The SMILES string of the molecule is COc1ccc(-c2noc(CO)c2-c2nc(-c3ccc(Cl)cc3)no2)cc1. The standard InChI is InChI=1S/C19H14ClN3O4/c1-25-14-8-4-11(5-9-14)17-16(15(10-24)26-22-17)19-21-18(23-27-19)12-2-6-13(20)7-3-12/h2-9,24H,10H2,1H3. The Kier molecular flexibility index (Phi) is 4.62. The van der Waals surface area contributed by atoms with Gasteiger partial charge in [0.15, 0.2) is 5.76 Å². The van der Waals surface area contributed by atoms with Gasteiger partial charge in [0.2, 0.25) is 5.82 Å². The van der Waals surface area contributed by atoms with Crippen molar-refractivity contribution in [3.8, 4) is 39.8 Å². The lowest BCUT2D eigenvalue weighted by Crippen LogP contribution is -1.89. The van der Waals surface area contributed by atoms with Crippen LogP contribution in [-0.4, -0.2) is 27.5 Å². The average Bonchev–Trinajstić information content (AvgIpc) is 3.35. The van der Waals surface area contributed by atoms with Gasteiger partial charge in [-0.3, -0.25) is 0 Å². The third-order valence-electron chi connectivity index (χ3n) is 4.01. The minimum absolute atomic E-state index is 0.205. The smallest absolute Gasteiger partial charge is 0.264 e. The van der Waals surface area contributed by atoms with Gasteiger partial charge in [-0.25, -0.2) is 0 Å². The van der Waals surface area contributed by atoms with E-state index in [0.717, 1.165) is 11.1 Å². The van der Waals surface area contributed by atoms with Crippen LogP contribution in [0.15, 0.2) is 57.6 Å². The molecule has 0 amide bonds. The molecule has 2 heterocycles. The molecule has 27 heavy (non-hydrogen) atoms. The molecule has 7 nitrogen and oxygen atoms in total. The lowest BCUT2D eigenvalue weighted by molar-refractivity contribution is 0.229. The summed E-state index contributed by atoms with van der Waals surface area (Å²) in [6.07, 6.45) is 0. The molecule has 0 fully saturated rings. The summed E-state index contributed by atoms with van der Waals surface area (Å²) >= 11 is 5.91. The van der Waals surface area contributed by atoms with E-state index in [2.05, 4.69) is 15.3 Å². The Morgan fingerprint density at radius 3 is 2.33 bits per heavy atom. The molecular formula is C19H14ClN3O4. The first kappa shape index (κ1) is 17.3. The lowest BCUT2D eigenvalue weighted by Gasteiger charge is -2.02. The van der Waals surface area contributed by atoms with Gasteiger partial charge in [-0.05, 0) is 48.5 Å². The quantitative estimate of drug-likeness (QED) is 0.551. The summed E-state index contributed by atoms with van der Waals surface area (Å²) in [5.74, 6) is 1.56. The second kappa shape index (κ2) is 7.22. The highest BCUT2D eigenvalue weighted by molar-refractivity contribution is 6.30. The van der Waals surface area contributed by atoms with Gasteiger partial charge in [-0.2, -0.15) is 4.98 Å². The molecular weight excluding hydrogens is 370 g/mol. The Balaban J connectivity index is 1.77. The van der Waals surface area contributed by atoms with Crippen LogP contribution in [0.1, 0.15) is 5.76 Å². The van der Waals surface area contributed by atoms with Crippen LogP contribution >= 0.6 is 11.6 Å². The number of ether oxygens (including phenoxy) is 1. The van der Waals surface area contributed by atoms with Crippen molar-refractivity contribution in [2.45, 2.75) is 6.61 Å². The second-order valence-electron chi connectivity index (χ2n) is 5.65. The van der Waals surface area contributed by atoms with Crippen molar-refractivity contribution >= 4 is 11.6 Å². The maximum absolute atomic E-state index is 9.62. The van der Waals surface area contributed by atoms with E-state index in [1.807, 2.05) is 12.1 Å². The normalized spacial score (nSPS) is 10.9. The maximum Gasteiger partial charge on any atom is 0.264 e. The molecule has 0 aliphatic rings. The van der Waals surface area contributed by atoms with Gasteiger partial charge in [-0.1, -0.05) is 21.9 Å². The van der Waals surface area contributed by atoms with Crippen molar-refractivity contribution in [2.24, 2.45) is 0 Å². The Labute approximate surface area is 159 Å². The molecule has 0 unspecified atom stereocenters. The van der Waals surface area contributed by atoms with Crippen LogP contribution in [0.2, 0.25) is 5.02 Å². The first-order chi connectivity index (χ1) is 13.2. The number of methoxy groups -OCH3 is 1. The van der Waals surface area contributed by atoms with Crippen molar-refractivity contribution in [2.75, 3.05) is 7.11 Å². The molecule has 4 rings (SSSR count). The number of aliphatic hydroxyl groups excluding tert-OH is 1. The zero-order valence-corrected chi connectivity index (χ0v) is 15.0. The highest BCUT2D eigenvalue weighted by Gasteiger charge is 2.24. The maximum atomic E-state index is 9.62. The van der Waals surface area contributed by atoms with Gasteiger partial charge in [0, 0.05) is 16.1 Å². The highest BCUT2D eigenvalue weighted by atomic mass is 35.5. The van der Waals surface area contributed by atoms with Gasteiger partial charge >= 0.3 is 0 Å². The topological polar surface area (TPSA) is 94.4 Å². The first-order valence-corrected chi connectivity index (χ1v) is 8.41. The molecule has 0 saturated heterocycles. The minimum atomic E-state index is -0.350. The van der Waals surface area contributed by atoms with Crippen molar-refractivity contribution in [1.29, 1.82) is 0 Å². The van der Waals surface area contributed by atoms with E-state index in [1.165, 1.54) is 0 Å². The van der Waals surface area contributed by atoms with E-state index in [0.29, 0.717) is 27.9 Å². The number of hydrogen-bond acceptors (Lipinski definition) is 7. The third-order valence-corrected chi connectivity index (χ3v) is 4.26. The summed E-state index contributed by atoms with van der Waals surface area (Å²) in [6.45, 7) is -0.350. The zero-order chi connectivity index (χ0) is 18.8. The van der Waals surface area contributed by atoms with Gasteiger partial charge in [0.1, 0.15) is 23.6 Å². The van der Waals surface area contributed by atoms with Crippen LogP contribution in [0.5, 0.6) is 5.75 Å². The number of aliphatic hydroxyl groups is 1. The van der Waals surface area contributed by atoms with E-state index in [9.17, 15) is 5.11 Å². The largest absolute Gasteiger partial charge is 0.497 e. The minimum Gasteiger partial charge on any atom is -0.497 e. The van der Waals surface area contributed by atoms with Gasteiger partial charge < -0.3 is 18.9 Å². The first-order valence-electron chi connectivity index (χ1n) is 8.03. The Morgan fingerprint density at radius 2 is 1.67 bits per heavy atom. The molecule has 8 heteroatoms. The average molecular weight is 384 g/mol. The lowest BCUT2D eigenvalue weighted by atomic mass is 10.1. The molecule has 4 aromatic rings. The van der Waals surface area contributed by atoms with E-state index >= 15 is 0 Å². The Bertz CT molecular complexity index is 1060. The van der Waals surface area contributed by atoms with Gasteiger partial charge in [0.05, 0.1) is 7.11 Å². The third kappa shape index (κ3) is 3.30. The zero-order valence-electron chi connectivity index (χ0n) is 14.2. The van der Waals surface area contributed by atoms with Crippen molar-refractivity contribution in [1.82, 2.24) is 15.3 Å². The van der Waals surface area contributed by atoms with Crippen LogP contribution in [0.4, 0.5) is 0 Å². The fraction of sp³-hybridized carbons (Fsp3) is 0.105. The summed E-state index contributed by atoms with van der Waals surface area (Å²) < 4.78 is 15.9. The molecule has 2 aromatic carbocycles. The summed E-state index contributed by atoms with van der Waals surface area (Å²) in [6, 6.07) is 14.3. The Hall–Kier alpha value is -3.16. The van der Waals surface area contributed by atoms with Crippen LogP contribution < -0.4 is 4.74 Å². The number of aromatic nitrogens is 3. The van der Waals surface area contributed by atoms with Crippen LogP contribution in [0, 0.1) is 0 Å². The number of nitrogens with zero attached hydrogens (tertiary/aromatic N) is 3. The molecule has 2 aromatic heterocycles. The Morgan fingerprint density at radius 1 is 0.963 bits per heavy atom. The summed E-state index contributed by atoms with van der Waals surface area (Å²) in [7, 11) is 1.59. The number of halogens is 1. The van der Waals surface area contributed by atoms with Crippen molar-refractivity contribution in [3.05, 3.63) is 59.3 Å². The molecule has 0 radical (unpaired) electrons. The molecule has 0 atom stereocenters. The van der Waals surface area contributed by atoms with Gasteiger partial charge in [0.25, 0.3) is 5.89 Å². The number of benzene rings is 2. The van der Waals surface area contributed by atoms with Gasteiger partial charge in [-0.15, -0.1) is 0 Å². The predicted octanol–water partition coefficient (Wildman–Crippen LogP) is 4.21. The van der Waals surface area contributed by atoms with E-state index in [-0.39, 0.29) is 18.3 Å². The summed E-state index contributed by atoms with van der Waals surface area (Å²) in [4.78, 5) is 4.42. The van der Waals surface area contributed by atoms with E-state index in [1.54, 1.807) is 43.5 Å². The van der Waals surface area contributed by atoms with Crippen LogP contribution in [0.25, 0.3) is 34.1 Å². The summed E-state index contributed by atoms with van der Waals surface area (Å²) in [5, 5.41) is 18.3. The monoisotopic (exact) mass is 383 g/mol. The van der Waals surface area contributed by atoms with E-state index < -0.39 is 0 Å². The molecule has 1 N–H and O–H groups in total. The molecule has 0 saturated carbocycles. The highest BCUT2D eigenvalue weighted by Crippen LogP contribution is 2.35. The second-order valence-corrected chi connectivity index (χ2v) is 6.08. The number of rotatable bonds is 5. The fourth-order valence-electron chi connectivity index (χ4n) is 2.64. The molecule has 0 spiro atoms. The predicted molar refractivity (Wildman–Crippen MR) is 98.2 cm³/mol. The van der Waals surface area contributed by atoms with Crippen LogP contribution in [-0.2, 0) is 6.61 Å². The molecule has 0 aliphatic heterocycles. The number of hydrogen-bond donors (Lipinski definition) is 1. The van der Waals surface area contributed by atoms with E-state index in [4.69, 9.17) is 25.4 Å². The van der Waals surface area contributed by atoms with Crippen LogP contribution in [0.3, 0.4) is 0 Å². The molecule has 136 valence electrons. The summed E-state index contributed by atoms with van der Waals surface area (Å²) in [5.41, 5.74) is 2.46. The van der Waals surface area contributed by atoms with Crippen molar-refractivity contribution in [3.63, 3.8) is 0 Å². The molecule has 0 bridgehead atoms.